The quantitative estimate of drug-likeness (QED) is 0.753. The van der Waals surface area contributed by atoms with E-state index in [4.69, 9.17) is 5.73 Å². The summed E-state index contributed by atoms with van der Waals surface area (Å²) in [7, 11) is 3.67. The number of hydrogen-bond acceptors (Lipinski definition) is 5. The number of nitrogens with one attached hydrogen (secondary N) is 1. The van der Waals surface area contributed by atoms with Crippen LogP contribution in [0.2, 0.25) is 0 Å². The summed E-state index contributed by atoms with van der Waals surface area (Å²) in [6, 6.07) is 10.7. The van der Waals surface area contributed by atoms with E-state index in [1.807, 2.05) is 24.1 Å². The van der Waals surface area contributed by atoms with E-state index >= 15 is 0 Å². The number of carbonyl (C=O) groups excluding carboxylic acids is 2. The number of carbonyl (C=O) groups is 2. The summed E-state index contributed by atoms with van der Waals surface area (Å²) in [5.74, 6) is -0.217. The molecule has 2 aromatic carbocycles. The maximum absolute atomic E-state index is 13.1. The van der Waals surface area contributed by atoms with Gasteiger partial charge in [-0.2, -0.15) is 0 Å². The molecule has 1 aliphatic carbocycles. The minimum absolute atomic E-state index is 0.105. The number of anilines is 2. The first-order chi connectivity index (χ1) is 11.6. The average Bonchev–Trinajstić information content (AvgIpc) is 2.62. The van der Waals surface area contributed by atoms with Gasteiger partial charge in [0.1, 0.15) is 0 Å². The highest BCUT2D eigenvalue weighted by atomic mass is 16.1. The lowest BCUT2D eigenvalue weighted by Crippen LogP contribution is -2.28. The van der Waals surface area contributed by atoms with Crippen molar-refractivity contribution in [2.24, 2.45) is 5.73 Å². The third-order valence-corrected chi connectivity index (χ3v) is 4.43. The molecule has 0 aromatic heterocycles. The van der Waals surface area contributed by atoms with Gasteiger partial charge in [0.05, 0.1) is 11.1 Å². The van der Waals surface area contributed by atoms with Gasteiger partial charge in [0.15, 0.2) is 11.6 Å². The topological polar surface area (TPSA) is 75.4 Å². The zero-order valence-electron chi connectivity index (χ0n) is 13.9. The molecule has 3 N–H and O–H groups in total. The van der Waals surface area contributed by atoms with Gasteiger partial charge in [0.2, 0.25) is 0 Å². The summed E-state index contributed by atoms with van der Waals surface area (Å²) in [5.41, 5.74) is 8.91. The molecule has 3 rings (SSSR count). The Hall–Kier alpha value is -2.66. The van der Waals surface area contributed by atoms with Gasteiger partial charge < -0.3 is 16.0 Å². The largest absolute Gasteiger partial charge is 0.388 e. The molecule has 5 nitrogen and oxygen atoms in total. The van der Waals surface area contributed by atoms with Crippen LogP contribution in [0.25, 0.3) is 0 Å². The highest BCUT2D eigenvalue weighted by molar-refractivity contribution is 6.31. The van der Waals surface area contributed by atoms with Crippen molar-refractivity contribution < 1.29 is 9.59 Å². The average molecular weight is 323 g/mol. The van der Waals surface area contributed by atoms with E-state index in [0.29, 0.717) is 34.5 Å². The van der Waals surface area contributed by atoms with Crippen LogP contribution >= 0.6 is 0 Å². The number of rotatable bonds is 5. The van der Waals surface area contributed by atoms with Crippen molar-refractivity contribution in [1.29, 1.82) is 0 Å². The monoisotopic (exact) mass is 323 g/mol. The fraction of sp³-hybridized carbons (Fsp3) is 0.263. The van der Waals surface area contributed by atoms with Gasteiger partial charge in [-0.3, -0.25) is 9.59 Å². The van der Waals surface area contributed by atoms with Crippen molar-refractivity contribution in [1.82, 2.24) is 0 Å². The zero-order chi connectivity index (χ0) is 17.3. The van der Waals surface area contributed by atoms with Gasteiger partial charge >= 0.3 is 0 Å². The van der Waals surface area contributed by atoms with E-state index in [-0.39, 0.29) is 11.6 Å². The second-order valence-corrected chi connectivity index (χ2v) is 5.90. The number of nitrogens with two attached hydrogens (primary N) is 1. The normalized spacial score (nSPS) is 12.6. The third kappa shape index (κ3) is 2.47. The second kappa shape index (κ2) is 6.45. The Morgan fingerprint density at radius 3 is 2.21 bits per heavy atom. The first-order valence-corrected chi connectivity index (χ1v) is 8.04. The van der Waals surface area contributed by atoms with Gasteiger partial charge in [-0.1, -0.05) is 24.3 Å². The maximum Gasteiger partial charge on any atom is 0.196 e. The Kier molecular flexibility index (Phi) is 4.36. The molecule has 0 heterocycles. The molecule has 5 heteroatoms. The summed E-state index contributed by atoms with van der Waals surface area (Å²) in [6.07, 6.45) is 0.817. The number of hydrogen-bond donors (Lipinski definition) is 2. The van der Waals surface area contributed by atoms with Gasteiger partial charge in [0.25, 0.3) is 0 Å². The van der Waals surface area contributed by atoms with Crippen molar-refractivity contribution in [3.63, 3.8) is 0 Å². The summed E-state index contributed by atoms with van der Waals surface area (Å²) < 4.78 is 0. The Bertz CT molecular complexity index is 814. The summed E-state index contributed by atoms with van der Waals surface area (Å²) in [4.78, 5) is 28.1. The van der Waals surface area contributed by atoms with Gasteiger partial charge in [-0.25, -0.2) is 0 Å². The number of ketones is 2. The van der Waals surface area contributed by atoms with Crippen molar-refractivity contribution >= 4 is 22.9 Å². The second-order valence-electron chi connectivity index (χ2n) is 5.90. The molecule has 0 amide bonds. The van der Waals surface area contributed by atoms with Crippen LogP contribution in [0.3, 0.4) is 0 Å². The molecule has 24 heavy (non-hydrogen) atoms. The van der Waals surface area contributed by atoms with E-state index in [9.17, 15) is 9.59 Å². The predicted molar refractivity (Wildman–Crippen MR) is 96.2 cm³/mol. The highest BCUT2D eigenvalue weighted by Crippen LogP contribution is 2.37. The van der Waals surface area contributed by atoms with Crippen molar-refractivity contribution in [2.75, 3.05) is 37.4 Å². The molecule has 0 fully saturated rings. The summed E-state index contributed by atoms with van der Waals surface area (Å²) in [6.45, 7) is 1.31. The molecule has 1 aliphatic rings. The van der Waals surface area contributed by atoms with E-state index in [0.717, 1.165) is 18.7 Å². The van der Waals surface area contributed by atoms with Crippen LogP contribution in [-0.2, 0) is 0 Å². The molecule has 0 unspecified atom stereocenters. The van der Waals surface area contributed by atoms with Crippen LogP contribution in [0.5, 0.6) is 0 Å². The highest BCUT2D eigenvalue weighted by Gasteiger charge is 2.34. The van der Waals surface area contributed by atoms with Crippen LogP contribution in [0, 0.1) is 0 Å². The van der Waals surface area contributed by atoms with Crippen LogP contribution < -0.4 is 16.0 Å². The number of fused-ring (bicyclic) bond motifs is 2. The zero-order valence-corrected chi connectivity index (χ0v) is 13.9. The van der Waals surface area contributed by atoms with Crippen LogP contribution in [0.4, 0.5) is 11.4 Å². The lowest BCUT2D eigenvalue weighted by Gasteiger charge is -2.27. The van der Waals surface area contributed by atoms with E-state index in [1.54, 1.807) is 31.3 Å². The van der Waals surface area contributed by atoms with Crippen molar-refractivity contribution in [2.45, 2.75) is 6.42 Å². The van der Waals surface area contributed by atoms with Crippen LogP contribution in [-0.4, -0.2) is 38.8 Å². The Labute approximate surface area is 141 Å². The Morgan fingerprint density at radius 2 is 1.62 bits per heavy atom. The molecular formula is C19H21N3O2. The number of benzene rings is 2. The first-order valence-electron chi connectivity index (χ1n) is 8.04. The molecular weight excluding hydrogens is 302 g/mol. The fourth-order valence-corrected chi connectivity index (χ4v) is 3.18. The molecule has 0 saturated heterocycles. The van der Waals surface area contributed by atoms with Crippen LogP contribution in [0.1, 0.15) is 38.3 Å². The van der Waals surface area contributed by atoms with E-state index in [1.165, 1.54) is 0 Å². The first kappa shape index (κ1) is 16.2. The minimum atomic E-state index is -0.112. The summed E-state index contributed by atoms with van der Waals surface area (Å²) >= 11 is 0. The predicted octanol–water partition coefficient (Wildman–Crippen LogP) is 2.29. The molecule has 0 atom stereocenters. The number of nitrogens with zero attached hydrogens (tertiary/aromatic N) is 1. The van der Waals surface area contributed by atoms with E-state index < -0.39 is 0 Å². The standard InChI is InChI=1S/C19H21N3O2/c1-21-14-8-9-15(22(2)11-5-10-20)17-16(14)18(23)12-6-3-4-7-13(12)19(17)24/h3-4,6-9,21H,5,10-11,20H2,1-2H3. The van der Waals surface area contributed by atoms with Crippen molar-refractivity contribution in [3.8, 4) is 0 Å². The molecule has 2 aromatic rings. The van der Waals surface area contributed by atoms with E-state index in [2.05, 4.69) is 5.32 Å². The lowest BCUT2D eigenvalue weighted by molar-refractivity contribution is 0.0980. The van der Waals surface area contributed by atoms with Gasteiger partial charge in [-0.05, 0) is 25.1 Å². The summed E-state index contributed by atoms with van der Waals surface area (Å²) in [5, 5.41) is 3.03. The molecule has 0 saturated carbocycles. The Balaban J connectivity index is 2.21. The van der Waals surface area contributed by atoms with Gasteiger partial charge in [-0.15, -0.1) is 0 Å². The van der Waals surface area contributed by atoms with Gasteiger partial charge in [0, 0.05) is 43.1 Å². The lowest BCUT2D eigenvalue weighted by atomic mass is 9.82. The molecule has 0 bridgehead atoms. The molecule has 0 radical (unpaired) electrons. The molecule has 124 valence electrons. The smallest absolute Gasteiger partial charge is 0.196 e. The molecule has 0 spiro atoms. The van der Waals surface area contributed by atoms with Crippen molar-refractivity contribution in [3.05, 3.63) is 58.7 Å². The third-order valence-electron chi connectivity index (χ3n) is 4.43. The Morgan fingerprint density at radius 1 is 1.00 bits per heavy atom. The maximum atomic E-state index is 13.1. The minimum Gasteiger partial charge on any atom is -0.388 e. The SMILES string of the molecule is CNc1ccc(N(C)CCCN)c2c1C(=O)c1ccccc1C2=O. The van der Waals surface area contributed by atoms with Crippen LogP contribution in [0.15, 0.2) is 36.4 Å². The fourth-order valence-electron chi connectivity index (χ4n) is 3.18. The molecule has 0 aliphatic heterocycles.